The second-order valence-corrected chi connectivity index (χ2v) is 8.60. The van der Waals surface area contributed by atoms with Gasteiger partial charge < -0.3 is 20.3 Å². The molecule has 1 aliphatic rings. The molecule has 0 radical (unpaired) electrons. The number of halogens is 3. The Balaban J connectivity index is 2.98. The van der Waals surface area contributed by atoms with Crippen molar-refractivity contribution in [1.29, 1.82) is 0 Å². The van der Waals surface area contributed by atoms with E-state index < -0.39 is 60.0 Å². The zero-order valence-corrected chi connectivity index (χ0v) is 18.7. The van der Waals surface area contributed by atoms with Crippen LogP contribution in [-0.2, 0) is 19.1 Å². The number of hydrogen-bond donors (Lipinski definition) is 2. The standard InChI is InChI=1S/C20H32F3N3O5/c1-10(2)14(16(27)20(21,22)23)24-17(28)13-8-7-9-26(13)18(29)15(11(3)4)25-19(30)31-12(5)6/h10-15H,7-9H2,1-6H3,(H,24,28)(H,25,30)/t13-,14?,15-/m0/s1. The van der Waals surface area contributed by atoms with Crippen LogP contribution in [0.3, 0.4) is 0 Å². The van der Waals surface area contributed by atoms with Gasteiger partial charge in [-0.1, -0.05) is 27.7 Å². The van der Waals surface area contributed by atoms with Crippen LogP contribution in [0.25, 0.3) is 0 Å². The summed E-state index contributed by atoms with van der Waals surface area (Å²) in [5.74, 6) is -4.51. The highest BCUT2D eigenvalue weighted by Crippen LogP contribution is 2.24. The van der Waals surface area contributed by atoms with Gasteiger partial charge in [-0.25, -0.2) is 4.79 Å². The fraction of sp³-hybridized carbons (Fsp3) is 0.800. The molecule has 0 spiro atoms. The third-order valence-electron chi connectivity index (χ3n) is 4.91. The number of nitrogens with one attached hydrogen (secondary N) is 2. The number of nitrogens with zero attached hydrogens (tertiary/aromatic N) is 1. The van der Waals surface area contributed by atoms with Gasteiger partial charge in [0.15, 0.2) is 0 Å². The van der Waals surface area contributed by atoms with Crippen molar-refractivity contribution in [2.45, 2.75) is 84.8 Å². The molecule has 178 valence electrons. The van der Waals surface area contributed by atoms with Gasteiger partial charge in [-0.3, -0.25) is 14.4 Å². The molecule has 0 aromatic carbocycles. The Labute approximate surface area is 180 Å². The molecule has 1 saturated heterocycles. The van der Waals surface area contributed by atoms with Crippen LogP contribution >= 0.6 is 0 Å². The summed E-state index contributed by atoms with van der Waals surface area (Å²) in [7, 11) is 0. The summed E-state index contributed by atoms with van der Waals surface area (Å²) in [5.41, 5.74) is 0. The van der Waals surface area contributed by atoms with Crippen molar-refractivity contribution in [3.63, 3.8) is 0 Å². The summed E-state index contributed by atoms with van der Waals surface area (Å²) in [6, 6.07) is -3.75. The summed E-state index contributed by atoms with van der Waals surface area (Å²) < 4.78 is 43.7. The molecule has 11 heteroatoms. The van der Waals surface area contributed by atoms with E-state index in [4.69, 9.17) is 4.74 Å². The zero-order chi connectivity index (χ0) is 24.1. The maximum atomic E-state index is 13.1. The summed E-state index contributed by atoms with van der Waals surface area (Å²) in [5, 5.41) is 4.66. The highest BCUT2D eigenvalue weighted by molar-refractivity contribution is 5.96. The number of hydrogen-bond acceptors (Lipinski definition) is 5. The normalized spacial score (nSPS) is 18.8. The zero-order valence-electron chi connectivity index (χ0n) is 18.7. The van der Waals surface area contributed by atoms with E-state index in [1.807, 2.05) is 0 Å². The van der Waals surface area contributed by atoms with Crippen molar-refractivity contribution in [3.8, 4) is 0 Å². The van der Waals surface area contributed by atoms with Crippen LogP contribution in [0.2, 0.25) is 0 Å². The Morgan fingerprint density at radius 3 is 1.94 bits per heavy atom. The Bertz CT molecular complexity index is 679. The third-order valence-corrected chi connectivity index (χ3v) is 4.91. The molecule has 0 aliphatic carbocycles. The second kappa shape index (κ2) is 10.8. The van der Waals surface area contributed by atoms with Crippen LogP contribution in [0.4, 0.5) is 18.0 Å². The van der Waals surface area contributed by atoms with E-state index in [0.29, 0.717) is 6.42 Å². The Morgan fingerprint density at radius 2 is 1.48 bits per heavy atom. The van der Waals surface area contributed by atoms with Crippen molar-refractivity contribution in [1.82, 2.24) is 15.5 Å². The maximum absolute atomic E-state index is 13.1. The molecule has 1 rings (SSSR count). The Kier molecular flexibility index (Phi) is 9.31. The smallest absolute Gasteiger partial charge is 0.447 e. The van der Waals surface area contributed by atoms with Crippen LogP contribution < -0.4 is 10.6 Å². The van der Waals surface area contributed by atoms with E-state index in [2.05, 4.69) is 10.6 Å². The molecular formula is C20H32F3N3O5. The van der Waals surface area contributed by atoms with E-state index >= 15 is 0 Å². The van der Waals surface area contributed by atoms with Gasteiger partial charge >= 0.3 is 12.3 Å². The molecular weight excluding hydrogens is 419 g/mol. The molecule has 31 heavy (non-hydrogen) atoms. The first-order chi connectivity index (χ1) is 14.2. The van der Waals surface area contributed by atoms with Crippen LogP contribution in [0.5, 0.6) is 0 Å². The first-order valence-corrected chi connectivity index (χ1v) is 10.4. The molecule has 1 heterocycles. The Hall–Kier alpha value is -2.33. The van der Waals surface area contributed by atoms with Crippen molar-refractivity contribution in [2.75, 3.05) is 6.54 Å². The van der Waals surface area contributed by atoms with E-state index in [1.54, 1.807) is 27.7 Å². The monoisotopic (exact) mass is 451 g/mol. The summed E-state index contributed by atoms with van der Waals surface area (Å²) in [6.45, 7) is 9.72. The number of carbonyl (C=O) groups is 4. The third kappa shape index (κ3) is 7.39. The first kappa shape index (κ1) is 26.7. The van der Waals surface area contributed by atoms with Crippen molar-refractivity contribution in [3.05, 3.63) is 0 Å². The average Bonchev–Trinajstić information content (AvgIpc) is 3.10. The Morgan fingerprint density at radius 1 is 0.935 bits per heavy atom. The quantitative estimate of drug-likeness (QED) is 0.590. The number of likely N-dealkylation sites (tertiary alicyclic amines) is 1. The lowest BCUT2D eigenvalue weighted by atomic mass is 9.98. The van der Waals surface area contributed by atoms with Gasteiger partial charge in [0.1, 0.15) is 12.1 Å². The molecule has 3 amide bonds. The lowest BCUT2D eigenvalue weighted by Crippen LogP contribution is -2.58. The number of amides is 3. The van der Waals surface area contributed by atoms with Crippen molar-refractivity contribution >= 4 is 23.7 Å². The minimum absolute atomic E-state index is 0.209. The molecule has 3 atom stereocenters. The number of alkyl halides is 3. The van der Waals surface area contributed by atoms with Gasteiger partial charge in [-0.15, -0.1) is 0 Å². The summed E-state index contributed by atoms with van der Waals surface area (Å²) >= 11 is 0. The van der Waals surface area contributed by atoms with Gasteiger partial charge in [-0.05, 0) is 38.5 Å². The van der Waals surface area contributed by atoms with Gasteiger partial charge in [0.05, 0.1) is 12.1 Å². The van der Waals surface area contributed by atoms with Gasteiger partial charge in [0.25, 0.3) is 5.78 Å². The minimum Gasteiger partial charge on any atom is -0.447 e. The molecule has 2 N–H and O–H groups in total. The number of alkyl carbamates (subject to hydrolysis) is 1. The summed E-state index contributed by atoms with van der Waals surface area (Å²) in [6.07, 6.45) is -5.56. The van der Waals surface area contributed by atoms with E-state index in [1.165, 1.54) is 18.7 Å². The molecule has 8 nitrogen and oxygen atoms in total. The van der Waals surface area contributed by atoms with Crippen LogP contribution in [0.1, 0.15) is 54.4 Å². The summed E-state index contributed by atoms with van der Waals surface area (Å²) in [4.78, 5) is 50.7. The minimum atomic E-state index is -5.09. The highest BCUT2D eigenvalue weighted by Gasteiger charge is 2.46. The van der Waals surface area contributed by atoms with Crippen molar-refractivity contribution < 1.29 is 37.1 Å². The van der Waals surface area contributed by atoms with Gasteiger partial charge in [-0.2, -0.15) is 13.2 Å². The number of Topliss-reactive ketones (excluding diaryl/α,β-unsaturated/α-hetero) is 1. The van der Waals surface area contributed by atoms with Crippen molar-refractivity contribution in [2.24, 2.45) is 11.8 Å². The van der Waals surface area contributed by atoms with Crippen LogP contribution in [0.15, 0.2) is 0 Å². The average molecular weight is 451 g/mol. The predicted octanol–water partition coefficient (Wildman–Crippen LogP) is 2.41. The molecule has 0 saturated carbocycles. The van der Waals surface area contributed by atoms with E-state index in [0.717, 1.165) is 0 Å². The molecule has 0 aromatic heterocycles. The van der Waals surface area contributed by atoms with Gasteiger partial charge in [0, 0.05) is 6.54 Å². The molecule has 0 aromatic rings. The van der Waals surface area contributed by atoms with E-state index in [-0.39, 0.29) is 18.9 Å². The lowest BCUT2D eigenvalue weighted by molar-refractivity contribution is -0.175. The maximum Gasteiger partial charge on any atom is 0.452 e. The number of carbonyl (C=O) groups excluding carboxylic acids is 4. The fourth-order valence-corrected chi connectivity index (χ4v) is 3.33. The van der Waals surface area contributed by atoms with Gasteiger partial charge in [0.2, 0.25) is 11.8 Å². The first-order valence-electron chi connectivity index (χ1n) is 10.4. The second-order valence-electron chi connectivity index (χ2n) is 8.60. The number of ketones is 1. The molecule has 1 fully saturated rings. The lowest BCUT2D eigenvalue weighted by Gasteiger charge is -2.31. The molecule has 1 unspecified atom stereocenters. The fourth-order valence-electron chi connectivity index (χ4n) is 3.33. The number of ether oxygens (including phenoxy) is 1. The topological polar surface area (TPSA) is 105 Å². The highest BCUT2D eigenvalue weighted by atomic mass is 19.4. The van der Waals surface area contributed by atoms with E-state index in [9.17, 15) is 32.3 Å². The largest absolute Gasteiger partial charge is 0.452 e. The molecule has 0 bridgehead atoms. The number of rotatable bonds is 8. The SMILES string of the molecule is CC(C)OC(=O)N[C@H](C(=O)N1CCC[C@H]1C(=O)NC(C(=O)C(F)(F)F)C(C)C)C(C)C. The predicted molar refractivity (Wildman–Crippen MR) is 106 cm³/mol. The molecule has 1 aliphatic heterocycles. The van der Waals surface area contributed by atoms with Crippen LogP contribution in [0, 0.1) is 11.8 Å². The van der Waals surface area contributed by atoms with Crippen LogP contribution in [-0.4, -0.2) is 65.5 Å².